The van der Waals surface area contributed by atoms with Gasteiger partial charge in [-0.1, -0.05) is 6.42 Å². The molecule has 23 heavy (non-hydrogen) atoms. The third-order valence-electron chi connectivity index (χ3n) is 4.43. The average Bonchev–Trinajstić information content (AvgIpc) is 3.05. The number of rotatable bonds is 3. The van der Waals surface area contributed by atoms with Crippen LogP contribution in [0.3, 0.4) is 0 Å². The van der Waals surface area contributed by atoms with E-state index in [1.165, 1.54) is 6.07 Å². The van der Waals surface area contributed by atoms with Gasteiger partial charge in [0, 0.05) is 31.3 Å². The van der Waals surface area contributed by atoms with Gasteiger partial charge in [0.1, 0.15) is 5.82 Å². The molecule has 4 rings (SSSR count). The lowest BCUT2D eigenvalue weighted by Gasteiger charge is -2.35. The Balaban J connectivity index is 1.63. The smallest absolute Gasteiger partial charge is 0.233 e. The molecule has 1 aliphatic heterocycles. The van der Waals surface area contributed by atoms with Crippen LogP contribution in [0.25, 0.3) is 5.78 Å². The van der Waals surface area contributed by atoms with Crippen LogP contribution in [0.5, 0.6) is 0 Å². The van der Waals surface area contributed by atoms with E-state index in [2.05, 4.69) is 19.9 Å². The van der Waals surface area contributed by atoms with Crippen molar-refractivity contribution in [3.63, 3.8) is 0 Å². The second-order valence-corrected chi connectivity index (χ2v) is 5.90. The zero-order chi connectivity index (χ0) is 15.6. The summed E-state index contributed by atoms with van der Waals surface area (Å²) in [4.78, 5) is 15.4. The van der Waals surface area contributed by atoms with Gasteiger partial charge < -0.3 is 0 Å². The highest BCUT2D eigenvalue weighted by atomic mass is 19.1. The monoisotopic (exact) mass is 311 g/mol. The molecular formula is C17H18FN5. The molecule has 0 unspecified atom stereocenters. The van der Waals surface area contributed by atoms with Gasteiger partial charge in [-0.25, -0.2) is 14.4 Å². The van der Waals surface area contributed by atoms with Gasteiger partial charge in [0.25, 0.3) is 0 Å². The second kappa shape index (κ2) is 6.04. The molecule has 3 aromatic rings. The molecule has 1 saturated heterocycles. The maximum atomic E-state index is 13.9. The van der Waals surface area contributed by atoms with Crippen LogP contribution in [-0.2, 0) is 6.54 Å². The van der Waals surface area contributed by atoms with Crippen LogP contribution in [0.2, 0.25) is 0 Å². The fourth-order valence-electron chi connectivity index (χ4n) is 3.25. The number of hydrogen-bond acceptors (Lipinski definition) is 4. The maximum absolute atomic E-state index is 13.9. The van der Waals surface area contributed by atoms with E-state index < -0.39 is 0 Å². The van der Waals surface area contributed by atoms with E-state index in [0.717, 1.165) is 31.5 Å². The lowest BCUT2D eigenvalue weighted by molar-refractivity contribution is 0.134. The van der Waals surface area contributed by atoms with Crippen molar-refractivity contribution in [2.75, 3.05) is 6.54 Å². The molecule has 118 valence electrons. The van der Waals surface area contributed by atoms with Crippen molar-refractivity contribution in [2.45, 2.75) is 31.8 Å². The van der Waals surface area contributed by atoms with Gasteiger partial charge in [-0.05, 0) is 37.6 Å². The predicted octanol–water partition coefficient (Wildman–Crippen LogP) is 2.99. The predicted molar refractivity (Wildman–Crippen MR) is 84.2 cm³/mol. The Bertz CT molecular complexity index is 815. The maximum Gasteiger partial charge on any atom is 0.233 e. The van der Waals surface area contributed by atoms with Gasteiger partial charge in [-0.3, -0.25) is 14.3 Å². The number of aromatic nitrogens is 4. The van der Waals surface area contributed by atoms with Gasteiger partial charge in [0.2, 0.25) is 5.78 Å². The topological polar surface area (TPSA) is 46.3 Å². The van der Waals surface area contributed by atoms with Crippen molar-refractivity contribution in [2.24, 2.45) is 0 Å². The first kappa shape index (κ1) is 14.3. The highest BCUT2D eigenvalue weighted by Crippen LogP contribution is 2.31. The Morgan fingerprint density at radius 3 is 3.00 bits per heavy atom. The molecule has 0 spiro atoms. The average molecular weight is 311 g/mol. The van der Waals surface area contributed by atoms with Crippen molar-refractivity contribution in [1.82, 2.24) is 24.3 Å². The summed E-state index contributed by atoms with van der Waals surface area (Å²) in [5, 5.41) is 0. The zero-order valence-electron chi connectivity index (χ0n) is 12.8. The van der Waals surface area contributed by atoms with E-state index in [-0.39, 0.29) is 11.9 Å². The van der Waals surface area contributed by atoms with E-state index in [1.807, 2.05) is 22.9 Å². The number of likely N-dealkylation sites (tertiary alicyclic amines) is 1. The standard InChI is InChI=1S/C17H18FN5/c18-13-4-3-7-19-15(13)12-23-9-2-1-5-16(23)14-6-10-22-11-8-20-17(22)21-14/h3-4,6-8,10-11,16H,1-2,5,9,12H2/t16-/m0/s1. The second-order valence-electron chi connectivity index (χ2n) is 5.90. The van der Waals surface area contributed by atoms with Gasteiger partial charge in [-0.2, -0.15) is 0 Å². The summed E-state index contributed by atoms with van der Waals surface area (Å²) in [5.41, 5.74) is 1.50. The van der Waals surface area contributed by atoms with Crippen LogP contribution < -0.4 is 0 Å². The van der Waals surface area contributed by atoms with Crippen LogP contribution >= 0.6 is 0 Å². The molecule has 0 bridgehead atoms. The Morgan fingerprint density at radius 2 is 2.09 bits per heavy atom. The van der Waals surface area contributed by atoms with E-state index in [1.54, 1.807) is 18.5 Å². The van der Waals surface area contributed by atoms with Crippen LogP contribution in [0.4, 0.5) is 4.39 Å². The van der Waals surface area contributed by atoms with Crippen molar-refractivity contribution in [3.8, 4) is 0 Å². The molecule has 0 N–H and O–H groups in total. The summed E-state index contributed by atoms with van der Waals surface area (Å²) in [7, 11) is 0. The zero-order valence-corrected chi connectivity index (χ0v) is 12.8. The highest BCUT2D eigenvalue weighted by molar-refractivity contribution is 5.30. The van der Waals surface area contributed by atoms with Gasteiger partial charge in [-0.15, -0.1) is 0 Å². The summed E-state index contributed by atoms with van der Waals surface area (Å²) in [5.74, 6) is 0.463. The molecule has 1 fully saturated rings. The Morgan fingerprint density at radius 1 is 1.13 bits per heavy atom. The minimum atomic E-state index is -0.242. The van der Waals surface area contributed by atoms with Crippen LogP contribution in [0.1, 0.15) is 36.7 Å². The quantitative estimate of drug-likeness (QED) is 0.746. The van der Waals surface area contributed by atoms with Crippen LogP contribution in [-0.4, -0.2) is 30.8 Å². The first-order chi connectivity index (χ1) is 11.3. The molecular weight excluding hydrogens is 293 g/mol. The molecule has 1 aliphatic rings. The molecule has 0 saturated carbocycles. The first-order valence-corrected chi connectivity index (χ1v) is 7.94. The molecule has 3 aromatic heterocycles. The number of imidazole rings is 1. The van der Waals surface area contributed by atoms with Gasteiger partial charge in [0.15, 0.2) is 0 Å². The summed E-state index contributed by atoms with van der Waals surface area (Å²) in [6, 6.07) is 5.31. The molecule has 6 heteroatoms. The molecule has 0 radical (unpaired) electrons. The largest absolute Gasteiger partial charge is 0.291 e. The third-order valence-corrected chi connectivity index (χ3v) is 4.43. The normalized spacial score (nSPS) is 19.3. The summed E-state index contributed by atoms with van der Waals surface area (Å²) >= 11 is 0. The number of pyridine rings is 1. The molecule has 4 heterocycles. The number of fused-ring (bicyclic) bond motifs is 1. The number of piperidine rings is 1. The lowest BCUT2D eigenvalue weighted by atomic mass is 9.99. The van der Waals surface area contributed by atoms with Crippen molar-refractivity contribution in [3.05, 3.63) is 60.2 Å². The van der Waals surface area contributed by atoms with Crippen molar-refractivity contribution in [1.29, 1.82) is 0 Å². The lowest BCUT2D eigenvalue weighted by Crippen LogP contribution is -2.34. The minimum Gasteiger partial charge on any atom is -0.291 e. The fourth-order valence-corrected chi connectivity index (χ4v) is 3.25. The molecule has 0 aliphatic carbocycles. The Labute approximate surface area is 133 Å². The van der Waals surface area contributed by atoms with Crippen molar-refractivity contribution >= 4 is 5.78 Å². The van der Waals surface area contributed by atoms with E-state index in [0.29, 0.717) is 18.0 Å². The van der Waals surface area contributed by atoms with Crippen molar-refractivity contribution < 1.29 is 4.39 Å². The number of hydrogen-bond donors (Lipinski definition) is 0. The fraction of sp³-hybridized carbons (Fsp3) is 0.353. The Hall–Kier alpha value is -2.34. The van der Waals surface area contributed by atoms with Crippen LogP contribution in [0.15, 0.2) is 43.0 Å². The summed E-state index contributed by atoms with van der Waals surface area (Å²) < 4.78 is 15.8. The van der Waals surface area contributed by atoms with E-state index >= 15 is 0 Å². The van der Waals surface area contributed by atoms with Crippen LogP contribution in [0, 0.1) is 5.82 Å². The number of nitrogens with zero attached hydrogens (tertiary/aromatic N) is 5. The van der Waals surface area contributed by atoms with E-state index in [9.17, 15) is 4.39 Å². The third kappa shape index (κ3) is 2.82. The first-order valence-electron chi connectivity index (χ1n) is 7.94. The minimum absolute atomic E-state index is 0.187. The molecule has 1 atom stereocenters. The summed E-state index contributed by atoms with van der Waals surface area (Å²) in [6.45, 7) is 1.45. The SMILES string of the molecule is Fc1cccnc1CN1CCCC[C@H]1c1ccn2ccnc2n1. The van der Waals surface area contributed by atoms with Gasteiger partial charge in [0.05, 0.1) is 17.4 Å². The molecule has 0 amide bonds. The molecule has 0 aromatic carbocycles. The Kier molecular flexibility index (Phi) is 3.75. The highest BCUT2D eigenvalue weighted by Gasteiger charge is 2.26. The molecule has 5 nitrogen and oxygen atoms in total. The van der Waals surface area contributed by atoms with E-state index in [4.69, 9.17) is 0 Å². The van der Waals surface area contributed by atoms with Gasteiger partial charge >= 0.3 is 0 Å². The number of halogens is 1. The summed E-state index contributed by atoms with van der Waals surface area (Å²) in [6.07, 6.45) is 10.6.